The molecule has 0 bridgehead atoms. The first-order chi connectivity index (χ1) is 9.38. The van der Waals surface area contributed by atoms with Gasteiger partial charge in [0.15, 0.2) is 5.78 Å². The molecule has 0 aliphatic carbocycles. The number of hydrogen-bond acceptors (Lipinski definition) is 2. The Morgan fingerprint density at radius 1 is 1.25 bits per heavy atom. The first kappa shape index (κ1) is 15.5. The highest BCUT2D eigenvalue weighted by molar-refractivity contribution is 9.10. The van der Waals surface area contributed by atoms with Crippen LogP contribution in [0.5, 0.6) is 0 Å². The zero-order valence-electron chi connectivity index (χ0n) is 10.8. The SMILES string of the molecule is O=C(CN1CCC(C(F)(F)F)CC1)c1ccccc1Br. The van der Waals surface area contributed by atoms with Gasteiger partial charge in [-0.25, -0.2) is 0 Å². The van der Waals surface area contributed by atoms with Crippen LogP contribution in [0.3, 0.4) is 0 Å². The molecule has 0 spiro atoms. The lowest BCUT2D eigenvalue weighted by molar-refractivity contribution is -0.184. The van der Waals surface area contributed by atoms with E-state index in [4.69, 9.17) is 0 Å². The van der Waals surface area contributed by atoms with Crippen LogP contribution in [0.15, 0.2) is 28.7 Å². The maximum absolute atomic E-state index is 12.6. The number of carbonyl (C=O) groups excluding carboxylic acids is 1. The molecular formula is C14H15BrF3NO. The molecule has 110 valence electrons. The number of ketones is 1. The minimum Gasteiger partial charge on any atom is -0.296 e. The first-order valence-electron chi connectivity index (χ1n) is 6.44. The number of piperidine rings is 1. The minimum absolute atomic E-state index is 0.0667. The van der Waals surface area contributed by atoms with Gasteiger partial charge in [0.25, 0.3) is 0 Å². The monoisotopic (exact) mass is 349 g/mol. The van der Waals surface area contributed by atoms with Crippen LogP contribution in [0, 0.1) is 5.92 Å². The maximum atomic E-state index is 12.6. The molecule has 20 heavy (non-hydrogen) atoms. The highest BCUT2D eigenvalue weighted by atomic mass is 79.9. The number of rotatable bonds is 3. The van der Waals surface area contributed by atoms with Crippen LogP contribution >= 0.6 is 15.9 Å². The molecule has 0 amide bonds. The number of alkyl halides is 3. The van der Waals surface area contributed by atoms with Crippen LogP contribution in [0.1, 0.15) is 23.2 Å². The Morgan fingerprint density at radius 2 is 1.85 bits per heavy atom. The molecule has 0 unspecified atom stereocenters. The van der Waals surface area contributed by atoms with E-state index in [2.05, 4.69) is 15.9 Å². The zero-order chi connectivity index (χ0) is 14.8. The van der Waals surface area contributed by atoms with Crippen molar-refractivity contribution < 1.29 is 18.0 Å². The normalized spacial score (nSPS) is 18.2. The van der Waals surface area contributed by atoms with E-state index in [-0.39, 0.29) is 25.2 Å². The van der Waals surface area contributed by atoms with E-state index in [1.54, 1.807) is 23.1 Å². The van der Waals surface area contributed by atoms with Gasteiger partial charge < -0.3 is 0 Å². The van der Waals surface area contributed by atoms with E-state index >= 15 is 0 Å². The average Bonchev–Trinajstić information content (AvgIpc) is 2.38. The van der Waals surface area contributed by atoms with Crippen molar-refractivity contribution in [2.24, 2.45) is 5.92 Å². The van der Waals surface area contributed by atoms with Crippen molar-refractivity contribution in [1.82, 2.24) is 4.90 Å². The van der Waals surface area contributed by atoms with Gasteiger partial charge >= 0.3 is 6.18 Å². The Balaban J connectivity index is 1.90. The van der Waals surface area contributed by atoms with E-state index in [0.29, 0.717) is 18.7 Å². The van der Waals surface area contributed by atoms with Gasteiger partial charge in [0.2, 0.25) is 0 Å². The van der Waals surface area contributed by atoms with E-state index in [0.717, 1.165) is 4.47 Å². The molecule has 0 saturated carbocycles. The summed E-state index contributed by atoms with van der Waals surface area (Å²) in [6.07, 6.45) is -3.96. The highest BCUT2D eigenvalue weighted by Crippen LogP contribution is 2.34. The summed E-state index contributed by atoms with van der Waals surface area (Å²) in [7, 11) is 0. The van der Waals surface area contributed by atoms with Gasteiger partial charge in [-0.05, 0) is 32.0 Å². The summed E-state index contributed by atoms with van der Waals surface area (Å²) in [5.74, 6) is -1.29. The molecule has 1 aliphatic rings. The summed E-state index contributed by atoms with van der Waals surface area (Å²) < 4.78 is 38.4. The molecule has 1 aromatic carbocycles. The Hall–Kier alpha value is -0.880. The van der Waals surface area contributed by atoms with Crippen LogP contribution in [0.2, 0.25) is 0 Å². The summed E-state index contributed by atoms with van der Waals surface area (Å²) >= 11 is 3.31. The first-order valence-corrected chi connectivity index (χ1v) is 7.24. The molecule has 2 nitrogen and oxygen atoms in total. The molecule has 6 heteroatoms. The molecule has 0 aromatic heterocycles. The van der Waals surface area contributed by atoms with Crippen molar-refractivity contribution in [2.75, 3.05) is 19.6 Å². The molecule has 1 aliphatic heterocycles. The predicted molar refractivity (Wildman–Crippen MR) is 73.7 cm³/mol. The standard InChI is InChI=1S/C14H15BrF3NO/c15-12-4-2-1-3-11(12)13(20)9-19-7-5-10(6-8-19)14(16,17)18/h1-4,10H,5-9H2. The van der Waals surface area contributed by atoms with E-state index in [1.165, 1.54) is 0 Å². The molecule has 0 N–H and O–H groups in total. The lowest BCUT2D eigenvalue weighted by atomic mass is 9.96. The number of nitrogens with zero attached hydrogens (tertiary/aromatic N) is 1. The Labute approximate surface area is 124 Å². The fourth-order valence-electron chi connectivity index (χ4n) is 2.39. The number of halogens is 4. The van der Waals surface area contributed by atoms with Crippen molar-refractivity contribution in [2.45, 2.75) is 19.0 Å². The molecule has 0 radical (unpaired) electrons. The smallest absolute Gasteiger partial charge is 0.296 e. The molecule has 2 rings (SSSR count). The van der Waals surface area contributed by atoms with Crippen molar-refractivity contribution in [3.8, 4) is 0 Å². The second kappa shape index (κ2) is 6.26. The summed E-state index contributed by atoms with van der Waals surface area (Å²) in [5, 5.41) is 0. The number of likely N-dealkylation sites (tertiary alicyclic amines) is 1. The Kier molecular flexibility index (Phi) is 4.86. The van der Waals surface area contributed by atoms with Crippen LogP contribution in [-0.2, 0) is 0 Å². The van der Waals surface area contributed by atoms with Gasteiger partial charge in [0.1, 0.15) is 0 Å². The van der Waals surface area contributed by atoms with E-state index in [1.807, 2.05) is 6.07 Å². The Morgan fingerprint density at radius 3 is 2.40 bits per heavy atom. The number of Topliss-reactive ketones (excluding diaryl/α,β-unsaturated/α-hetero) is 1. The lowest BCUT2D eigenvalue weighted by Crippen LogP contribution is -2.41. The Bertz CT molecular complexity index is 482. The average molecular weight is 350 g/mol. The van der Waals surface area contributed by atoms with Crippen molar-refractivity contribution in [3.63, 3.8) is 0 Å². The van der Waals surface area contributed by atoms with Crippen molar-refractivity contribution in [3.05, 3.63) is 34.3 Å². The number of hydrogen-bond donors (Lipinski definition) is 0. The second-order valence-corrected chi connectivity index (χ2v) is 5.85. The van der Waals surface area contributed by atoms with Gasteiger partial charge in [-0.3, -0.25) is 9.69 Å². The summed E-state index contributed by atoms with van der Waals surface area (Å²) in [4.78, 5) is 13.9. The van der Waals surface area contributed by atoms with Gasteiger partial charge in [0, 0.05) is 10.0 Å². The second-order valence-electron chi connectivity index (χ2n) is 5.00. The third kappa shape index (κ3) is 3.82. The summed E-state index contributed by atoms with van der Waals surface area (Å²) in [5.41, 5.74) is 0.574. The minimum atomic E-state index is -4.11. The van der Waals surface area contributed by atoms with Crippen LogP contribution in [0.25, 0.3) is 0 Å². The molecule has 1 aromatic rings. The fraction of sp³-hybridized carbons (Fsp3) is 0.500. The number of benzene rings is 1. The van der Waals surface area contributed by atoms with Crippen molar-refractivity contribution in [1.29, 1.82) is 0 Å². The lowest BCUT2D eigenvalue weighted by Gasteiger charge is -2.32. The van der Waals surface area contributed by atoms with Crippen LogP contribution in [0.4, 0.5) is 13.2 Å². The molecule has 1 saturated heterocycles. The zero-order valence-corrected chi connectivity index (χ0v) is 12.4. The molecule has 1 heterocycles. The van der Waals surface area contributed by atoms with E-state index in [9.17, 15) is 18.0 Å². The van der Waals surface area contributed by atoms with Gasteiger partial charge in [0.05, 0.1) is 12.5 Å². The quantitative estimate of drug-likeness (QED) is 0.771. The maximum Gasteiger partial charge on any atom is 0.391 e. The van der Waals surface area contributed by atoms with Gasteiger partial charge in [-0.1, -0.05) is 34.1 Å². The third-order valence-electron chi connectivity index (χ3n) is 3.59. The number of carbonyl (C=O) groups is 1. The van der Waals surface area contributed by atoms with Gasteiger partial charge in [-0.15, -0.1) is 0 Å². The molecule has 0 atom stereocenters. The van der Waals surface area contributed by atoms with E-state index < -0.39 is 12.1 Å². The largest absolute Gasteiger partial charge is 0.391 e. The third-order valence-corrected chi connectivity index (χ3v) is 4.28. The molecule has 1 fully saturated rings. The van der Waals surface area contributed by atoms with Crippen LogP contribution in [-0.4, -0.2) is 36.5 Å². The predicted octanol–water partition coefficient (Wildman–Crippen LogP) is 3.91. The van der Waals surface area contributed by atoms with Gasteiger partial charge in [-0.2, -0.15) is 13.2 Å². The highest BCUT2D eigenvalue weighted by Gasteiger charge is 2.41. The molecular weight excluding hydrogens is 335 g/mol. The van der Waals surface area contributed by atoms with Crippen molar-refractivity contribution >= 4 is 21.7 Å². The fourth-order valence-corrected chi connectivity index (χ4v) is 2.90. The summed E-state index contributed by atoms with van der Waals surface area (Å²) in [6, 6.07) is 7.08. The topological polar surface area (TPSA) is 20.3 Å². The van der Waals surface area contributed by atoms with Crippen LogP contribution < -0.4 is 0 Å². The summed E-state index contributed by atoms with van der Waals surface area (Å²) in [6.45, 7) is 0.813.